The van der Waals surface area contributed by atoms with E-state index in [0.29, 0.717) is 22.9 Å². The molecule has 0 spiro atoms. The van der Waals surface area contributed by atoms with Crippen molar-refractivity contribution >= 4 is 11.8 Å². The van der Waals surface area contributed by atoms with E-state index in [1.807, 2.05) is 30.3 Å². The van der Waals surface area contributed by atoms with E-state index in [9.17, 15) is 0 Å². The van der Waals surface area contributed by atoms with Crippen LogP contribution < -0.4 is 9.47 Å². The highest BCUT2D eigenvalue weighted by atomic mass is 16.5. The second kappa shape index (κ2) is 6.79. The van der Waals surface area contributed by atoms with Gasteiger partial charge in [-0.25, -0.2) is 4.85 Å². The molecule has 2 aromatic rings. The highest BCUT2D eigenvalue weighted by Crippen LogP contribution is 2.34. The van der Waals surface area contributed by atoms with E-state index in [1.54, 1.807) is 24.3 Å². The summed E-state index contributed by atoms with van der Waals surface area (Å²) < 4.78 is 11.0. The van der Waals surface area contributed by atoms with Gasteiger partial charge in [-0.1, -0.05) is 18.2 Å². The van der Waals surface area contributed by atoms with Crippen LogP contribution in [0.4, 0.5) is 5.69 Å². The van der Waals surface area contributed by atoms with Gasteiger partial charge in [-0.05, 0) is 35.9 Å². The summed E-state index contributed by atoms with van der Waals surface area (Å²) in [5, 5.41) is 8.54. The zero-order valence-electron chi connectivity index (χ0n) is 11.4. The van der Waals surface area contributed by atoms with Gasteiger partial charge in [0.25, 0.3) is 0 Å². The molecule has 0 unspecified atom stereocenters. The molecule has 4 heteroatoms. The summed E-state index contributed by atoms with van der Waals surface area (Å²) in [7, 11) is 1.53. The van der Waals surface area contributed by atoms with Crippen molar-refractivity contribution in [3.05, 3.63) is 65.5 Å². The van der Waals surface area contributed by atoms with Crippen LogP contribution in [0.1, 0.15) is 5.56 Å². The maximum absolute atomic E-state index is 8.54. The molecule has 0 aliphatic carbocycles. The number of benzene rings is 2. The molecule has 0 N–H and O–H groups in total. The molecule has 0 aromatic heterocycles. The Labute approximate surface area is 123 Å². The van der Waals surface area contributed by atoms with Gasteiger partial charge in [0, 0.05) is 6.08 Å². The summed E-state index contributed by atoms with van der Waals surface area (Å²) in [6, 6.07) is 14.3. The number of rotatable bonds is 4. The largest absolute Gasteiger partial charge is 0.494 e. The highest BCUT2D eigenvalue weighted by Gasteiger charge is 2.07. The Hall–Kier alpha value is -3.24. The van der Waals surface area contributed by atoms with Crippen molar-refractivity contribution in [2.45, 2.75) is 0 Å². The van der Waals surface area contributed by atoms with E-state index < -0.39 is 0 Å². The minimum Gasteiger partial charge on any atom is -0.494 e. The summed E-state index contributed by atoms with van der Waals surface area (Å²) in [6.45, 7) is 6.99. The maximum Gasteiger partial charge on any atom is 0.191 e. The summed E-state index contributed by atoms with van der Waals surface area (Å²) in [5.74, 6) is 1.66. The summed E-state index contributed by atoms with van der Waals surface area (Å²) in [4.78, 5) is 3.35. The van der Waals surface area contributed by atoms with Crippen LogP contribution in [0.25, 0.3) is 10.9 Å². The molecule has 0 heterocycles. The average Bonchev–Trinajstić information content (AvgIpc) is 2.53. The molecular weight excluding hydrogens is 264 g/mol. The van der Waals surface area contributed by atoms with Crippen LogP contribution in [-0.2, 0) is 0 Å². The van der Waals surface area contributed by atoms with E-state index in [1.165, 1.54) is 13.2 Å². The minimum atomic E-state index is 0.491. The maximum atomic E-state index is 8.54. The first kappa shape index (κ1) is 14.2. The molecular formula is C17H12N2O2. The molecule has 21 heavy (non-hydrogen) atoms. The number of hydrogen-bond acceptors (Lipinski definition) is 3. The van der Waals surface area contributed by atoms with Gasteiger partial charge in [0.05, 0.1) is 19.8 Å². The fraction of sp³-hybridized carbons (Fsp3) is 0.0588. The first-order valence-corrected chi connectivity index (χ1v) is 6.16. The molecule has 102 valence electrons. The van der Waals surface area contributed by atoms with Crippen molar-refractivity contribution in [1.82, 2.24) is 0 Å². The van der Waals surface area contributed by atoms with Gasteiger partial charge < -0.3 is 9.47 Å². The van der Waals surface area contributed by atoms with Gasteiger partial charge in [0.1, 0.15) is 5.75 Å². The van der Waals surface area contributed by atoms with E-state index in [-0.39, 0.29) is 0 Å². The fourth-order valence-corrected chi connectivity index (χ4v) is 1.75. The second-order valence-corrected chi connectivity index (χ2v) is 4.08. The third-order valence-electron chi connectivity index (χ3n) is 2.71. The molecule has 0 atom stereocenters. The van der Waals surface area contributed by atoms with Crippen molar-refractivity contribution < 1.29 is 9.47 Å². The third-order valence-corrected chi connectivity index (χ3v) is 2.71. The van der Waals surface area contributed by atoms with Crippen LogP contribution in [-0.4, -0.2) is 7.11 Å². The SMILES string of the molecule is [C-]#[N+]c1ccc(Oc2cccc(/C=C/C#N)c2)c(OC)c1. The lowest BCUT2D eigenvalue weighted by Crippen LogP contribution is -1.90. The van der Waals surface area contributed by atoms with Crippen molar-refractivity contribution in [2.75, 3.05) is 7.11 Å². The Kier molecular flexibility index (Phi) is 4.58. The monoisotopic (exact) mass is 276 g/mol. The normalized spacial score (nSPS) is 9.86. The Bertz CT molecular complexity index is 752. The fourth-order valence-electron chi connectivity index (χ4n) is 1.75. The van der Waals surface area contributed by atoms with Gasteiger partial charge >= 0.3 is 0 Å². The van der Waals surface area contributed by atoms with Crippen molar-refractivity contribution in [2.24, 2.45) is 0 Å². The average molecular weight is 276 g/mol. The quantitative estimate of drug-likeness (QED) is 0.606. The number of hydrogen-bond donors (Lipinski definition) is 0. The Morgan fingerprint density at radius 3 is 2.76 bits per heavy atom. The smallest absolute Gasteiger partial charge is 0.191 e. The number of allylic oxidation sites excluding steroid dienone is 1. The molecule has 0 amide bonds. The van der Waals surface area contributed by atoms with Crippen molar-refractivity contribution in [3.63, 3.8) is 0 Å². The molecule has 4 nitrogen and oxygen atoms in total. The van der Waals surface area contributed by atoms with Crippen LogP contribution in [0.2, 0.25) is 0 Å². The molecule has 0 saturated carbocycles. The predicted molar refractivity (Wildman–Crippen MR) is 80.4 cm³/mol. The van der Waals surface area contributed by atoms with E-state index in [2.05, 4.69) is 4.85 Å². The van der Waals surface area contributed by atoms with Crippen LogP contribution in [0, 0.1) is 17.9 Å². The van der Waals surface area contributed by atoms with Gasteiger partial charge in [0.2, 0.25) is 0 Å². The first-order chi connectivity index (χ1) is 10.3. The lowest BCUT2D eigenvalue weighted by molar-refractivity contribution is 0.379. The highest BCUT2D eigenvalue weighted by molar-refractivity contribution is 5.57. The van der Waals surface area contributed by atoms with Crippen molar-refractivity contribution in [3.8, 4) is 23.3 Å². The standard InChI is InChI=1S/C17H12N2O2/c1-19-14-8-9-16(17(12-14)20-2)21-15-7-3-5-13(11-15)6-4-10-18/h3-9,11-12H,2H3/b6-4+. The van der Waals surface area contributed by atoms with Crippen molar-refractivity contribution in [1.29, 1.82) is 5.26 Å². The summed E-state index contributed by atoms with van der Waals surface area (Å²) in [5.41, 5.74) is 1.36. The number of ether oxygens (including phenoxy) is 2. The third kappa shape index (κ3) is 3.62. The molecule has 0 saturated heterocycles. The number of methoxy groups -OCH3 is 1. The molecule has 2 rings (SSSR count). The molecule has 0 radical (unpaired) electrons. The topological polar surface area (TPSA) is 46.6 Å². The van der Waals surface area contributed by atoms with E-state index >= 15 is 0 Å². The van der Waals surface area contributed by atoms with Crippen LogP contribution in [0.15, 0.2) is 48.5 Å². The van der Waals surface area contributed by atoms with Crippen LogP contribution in [0.3, 0.4) is 0 Å². The van der Waals surface area contributed by atoms with E-state index in [4.69, 9.17) is 21.3 Å². The van der Waals surface area contributed by atoms with Crippen LogP contribution >= 0.6 is 0 Å². The molecule has 2 aromatic carbocycles. The minimum absolute atomic E-state index is 0.491. The van der Waals surface area contributed by atoms with Crippen LogP contribution in [0.5, 0.6) is 17.2 Å². The second-order valence-electron chi connectivity index (χ2n) is 4.08. The Morgan fingerprint density at radius 2 is 2.05 bits per heavy atom. The zero-order chi connectivity index (χ0) is 15.1. The van der Waals surface area contributed by atoms with E-state index in [0.717, 1.165) is 5.56 Å². The Balaban J connectivity index is 2.28. The lowest BCUT2D eigenvalue weighted by atomic mass is 10.2. The number of nitrogens with zero attached hydrogens (tertiary/aromatic N) is 2. The van der Waals surface area contributed by atoms with Gasteiger partial charge in [-0.15, -0.1) is 0 Å². The predicted octanol–water partition coefficient (Wildman–Crippen LogP) is 4.58. The van der Waals surface area contributed by atoms with Gasteiger partial charge in [0.15, 0.2) is 17.2 Å². The first-order valence-electron chi connectivity index (χ1n) is 6.16. The lowest BCUT2D eigenvalue weighted by Gasteiger charge is -2.11. The number of nitriles is 1. The van der Waals surface area contributed by atoms with Gasteiger partial charge in [-0.2, -0.15) is 5.26 Å². The molecule has 0 bridgehead atoms. The molecule has 0 fully saturated rings. The molecule has 0 aliphatic rings. The molecule has 0 aliphatic heterocycles. The van der Waals surface area contributed by atoms with Gasteiger partial charge in [-0.3, -0.25) is 0 Å². The zero-order valence-corrected chi connectivity index (χ0v) is 11.4. The Morgan fingerprint density at radius 1 is 1.19 bits per heavy atom. The summed E-state index contributed by atoms with van der Waals surface area (Å²) >= 11 is 0. The summed E-state index contributed by atoms with van der Waals surface area (Å²) in [6.07, 6.45) is 3.11.